The number of para-hydroxylation sites is 1. The summed E-state index contributed by atoms with van der Waals surface area (Å²) in [7, 11) is 0. The molecular weight excluding hydrogens is 232 g/mol. The van der Waals surface area contributed by atoms with Gasteiger partial charge in [0.25, 0.3) is 0 Å². The van der Waals surface area contributed by atoms with Crippen molar-refractivity contribution in [1.29, 1.82) is 0 Å². The predicted octanol–water partition coefficient (Wildman–Crippen LogP) is 4.76. The van der Waals surface area contributed by atoms with Gasteiger partial charge >= 0.3 is 0 Å². The van der Waals surface area contributed by atoms with Gasteiger partial charge in [0.2, 0.25) is 0 Å². The first-order chi connectivity index (χ1) is 9.43. The molecule has 0 atom stereocenters. The van der Waals surface area contributed by atoms with Crippen LogP contribution in [0.3, 0.4) is 0 Å². The Morgan fingerprint density at radius 2 is 1.79 bits per heavy atom. The van der Waals surface area contributed by atoms with Crippen LogP contribution in [-0.4, -0.2) is 9.97 Å². The third-order valence-electron chi connectivity index (χ3n) is 4.45. The average Bonchev–Trinajstić information content (AvgIpc) is 2.87. The summed E-state index contributed by atoms with van der Waals surface area (Å²) in [6.07, 6.45) is 8.65. The number of rotatable bonds is 1. The number of pyridine rings is 1. The lowest BCUT2D eigenvalue weighted by Gasteiger charge is -2.21. The van der Waals surface area contributed by atoms with Gasteiger partial charge in [0.15, 0.2) is 0 Å². The average molecular weight is 250 g/mol. The fourth-order valence-corrected chi connectivity index (χ4v) is 3.48. The van der Waals surface area contributed by atoms with Gasteiger partial charge in [-0.25, -0.2) is 0 Å². The smallest absolute Gasteiger partial charge is 0.0686 e. The molecule has 0 saturated heterocycles. The van der Waals surface area contributed by atoms with Gasteiger partial charge in [-0.15, -0.1) is 0 Å². The van der Waals surface area contributed by atoms with Crippen LogP contribution in [0.15, 0.2) is 36.5 Å². The molecule has 1 saturated carbocycles. The fraction of sp³-hybridized carbons (Fsp3) is 0.353. The maximum Gasteiger partial charge on any atom is 0.0686 e. The highest BCUT2D eigenvalue weighted by Crippen LogP contribution is 2.36. The van der Waals surface area contributed by atoms with E-state index in [9.17, 15) is 0 Å². The highest BCUT2D eigenvalue weighted by molar-refractivity contribution is 6.07. The maximum atomic E-state index is 4.69. The van der Waals surface area contributed by atoms with Crippen molar-refractivity contribution < 1.29 is 0 Å². The Bertz CT molecular complexity index is 720. The summed E-state index contributed by atoms with van der Waals surface area (Å²) in [6, 6.07) is 10.7. The molecule has 1 N–H and O–H groups in total. The molecule has 1 aliphatic rings. The maximum absolute atomic E-state index is 4.69. The van der Waals surface area contributed by atoms with Gasteiger partial charge in [0.1, 0.15) is 0 Å². The number of H-pyrrole nitrogens is 1. The molecular formula is C17H18N2. The zero-order valence-corrected chi connectivity index (χ0v) is 11.0. The van der Waals surface area contributed by atoms with Gasteiger partial charge in [0, 0.05) is 28.4 Å². The summed E-state index contributed by atoms with van der Waals surface area (Å²) in [4.78, 5) is 8.28. The van der Waals surface area contributed by atoms with E-state index >= 15 is 0 Å². The molecule has 2 heterocycles. The first-order valence-corrected chi connectivity index (χ1v) is 7.29. The van der Waals surface area contributed by atoms with E-state index in [0.717, 1.165) is 0 Å². The van der Waals surface area contributed by atoms with E-state index in [4.69, 9.17) is 4.98 Å². The summed E-state index contributed by atoms with van der Waals surface area (Å²) in [6.45, 7) is 0. The molecule has 0 unspecified atom stereocenters. The topological polar surface area (TPSA) is 28.7 Å². The van der Waals surface area contributed by atoms with Crippen LogP contribution in [0.25, 0.3) is 21.8 Å². The van der Waals surface area contributed by atoms with Crippen LogP contribution >= 0.6 is 0 Å². The van der Waals surface area contributed by atoms with E-state index in [0.29, 0.717) is 5.92 Å². The molecule has 4 rings (SSSR count). The van der Waals surface area contributed by atoms with E-state index in [1.54, 1.807) is 0 Å². The van der Waals surface area contributed by atoms with E-state index < -0.39 is 0 Å². The number of aromatic nitrogens is 2. The molecule has 1 aromatic carbocycles. The monoisotopic (exact) mass is 250 g/mol. The van der Waals surface area contributed by atoms with Crippen LogP contribution in [0.1, 0.15) is 43.7 Å². The second-order valence-electron chi connectivity index (χ2n) is 5.62. The zero-order valence-electron chi connectivity index (χ0n) is 11.0. The lowest BCUT2D eigenvalue weighted by molar-refractivity contribution is 0.438. The van der Waals surface area contributed by atoms with Crippen molar-refractivity contribution in [3.63, 3.8) is 0 Å². The summed E-state index contributed by atoms with van der Waals surface area (Å²) in [5, 5.41) is 2.64. The number of aromatic amines is 1. The molecule has 1 aliphatic carbocycles. The predicted molar refractivity (Wildman–Crippen MR) is 79.4 cm³/mol. The number of nitrogens with one attached hydrogen (secondary N) is 1. The van der Waals surface area contributed by atoms with Crippen LogP contribution in [0.5, 0.6) is 0 Å². The van der Waals surface area contributed by atoms with Crippen molar-refractivity contribution in [2.45, 2.75) is 38.0 Å². The molecule has 0 bridgehead atoms. The number of nitrogens with zero attached hydrogens (tertiary/aromatic N) is 1. The second kappa shape index (κ2) is 4.37. The molecule has 0 amide bonds. The number of hydrogen-bond acceptors (Lipinski definition) is 1. The molecule has 0 spiro atoms. The molecule has 0 aliphatic heterocycles. The minimum Gasteiger partial charge on any atom is -0.353 e. The molecule has 3 aromatic rings. The van der Waals surface area contributed by atoms with Crippen molar-refractivity contribution in [2.75, 3.05) is 0 Å². The highest BCUT2D eigenvalue weighted by atomic mass is 14.8. The molecule has 2 aromatic heterocycles. The SMILES string of the molecule is c1ccc2c(c1)[nH]c1c(C3CCCCC3)nccc12. The van der Waals surface area contributed by atoms with Crippen LogP contribution in [0.2, 0.25) is 0 Å². The molecule has 2 heteroatoms. The summed E-state index contributed by atoms with van der Waals surface area (Å²) >= 11 is 0. The molecule has 96 valence electrons. The third kappa shape index (κ3) is 1.74. The third-order valence-corrected chi connectivity index (χ3v) is 4.45. The quantitative estimate of drug-likeness (QED) is 0.662. The summed E-state index contributed by atoms with van der Waals surface area (Å²) < 4.78 is 0. The second-order valence-corrected chi connectivity index (χ2v) is 5.62. The molecule has 19 heavy (non-hydrogen) atoms. The van der Waals surface area contributed by atoms with E-state index in [1.807, 2.05) is 6.20 Å². The Hall–Kier alpha value is -1.83. The first-order valence-electron chi connectivity index (χ1n) is 7.29. The van der Waals surface area contributed by atoms with E-state index in [1.165, 1.54) is 59.6 Å². The lowest BCUT2D eigenvalue weighted by Crippen LogP contribution is -2.06. The van der Waals surface area contributed by atoms with Crippen LogP contribution in [0, 0.1) is 0 Å². The van der Waals surface area contributed by atoms with Crippen molar-refractivity contribution in [3.8, 4) is 0 Å². The van der Waals surface area contributed by atoms with Gasteiger partial charge in [-0.3, -0.25) is 4.98 Å². The standard InChI is InChI=1S/C17H18N2/c1-2-6-12(7-3-1)16-17-14(10-11-18-16)13-8-4-5-9-15(13)19-17/h4-5,8-12,19H,1-3,6-7H2. The summed E-state index contributed by atoms with van der Waals surface area (Å²) in [5.41, 5.74) is 3.77. The van der Waals surface area contributed by atoms with E-state index in [-0.39, 0.29) is 0 Å². The van der Waals surface area contributed by atoms with Crippen LogP contribution < -0.4 is 0 Å². The van der Waals surface area contributed by atoms with Gasteiger partial charge in [0.05, 0.1) is 11.2 Å². The normalized spacial score (nSPS) is 17.3. The lowest BCUT2D eigenvalue weighted by atomic mass is 9.86. The Labute approximate surface area is 112 Å². The number of fused-ring (bicyclic) bond motifs is 3. The van der Waals surface area contributed by atoms with Crippen molar-refractivity contribution in [2.24, 2.45) is 0 Å². The highest BCUT2D eigenvalue weighted by Gasteiger charge is 2.20. The Kier molecular flexibility index (Phi) is 2.54. The first kappa shape index (κ1) is 11.0. The van der Waals surface area contributed by atoms with Crippen LogP contribution in [0.4, 0.5) is 0 Å². The molecule has 1 fully saturated rings. The van der Waals surface area contributed by atoms with Crippen molar-refractivity contribution in [3.05, 3.63) is 42.2 Å². The van der Waals surface area contributed by atoms with E-state index in [2.05, 4.69) is 35.3 Å². The Balaban J connectivity index is 1.95. The molecule has 0 radical (unpaired) electrons. The largest absolute Gasteiger partial charge is 0.353 e. The Morgan fingerprint density at radius 3 is 2.68 bits per heavy atom. The minimum atomic E-state index is 0.644. The van der Waals surface area contributed by atoms with Crippen molar-refractivity contribution in [1.82, 2.24) is 9.97 Å². The number of hydrogen-bond donors (Lipinski definition) is 1. The number of benzene rings is 1. The van der Waals surface area contributed by atoms with Gasteiger partial charge in [-0.2, -0.15) is 0 Å². The Morgan fingerprint density at radius 1 is 0.947 bits per heavy atom. The van der Waals surface area contributed by atoms with Crippen molar-refractivity contribution >= 4 is 21.8 Å². The minimum absolute atomic E-state index is 0.644. The van der Waals surface area contributed by atoms with Gasteiger partial charge in [-0.05, 0) is 25.0 Å². The molecule has 2 nitrogen and oxygen atoms in total. The fourth-order valence-electron chi connectivity index (χ4n) is 3.48. The van der Waals surface area contributed by atoms with Crippen LogP contribution in [-0.2, 0) is 0 Å². The summed E-state index contributed by atoms with van der Waals surface area (Å²) in [5.74, 6) is 0.644. The zero-order chi connectivity index (χ0) is 12.7. The van der Waals surface area contributed by atoms with Gasteiger partial charge < -0.3 is 4.98 Å². The van der Waals surface area contributed by atoms with Gasteiger partial charge in [-0.1, -0.05) is 37.5 Å².